The molecule has 0 saturated carbocycles. The molecular weight excluding hydrogens is 200 g/mol. The second kappa shape index (κ2) is 3.51. The van der Waals surface area contributed by atoms with E-state index in [0.29, 0.717) is 6.04 Å². The lowest BCUT2D eigenvalue weighted by atomic mass is 10.1. The fourth-order valence-electron chi connectivity index (χ4n) is 2.57. The van der Waals surface area contributed by atoms with Gasteiger partial charge in [-0.3, -0.25) is 0 Å². The summed E-state index contributed by atoms with van der Waals surface area (Å²) in [5, 5.41) is 0. The third-order valence-electron chi connectivity index (χ3n) is 3.40. The van der Waals surface area contributed by atoms with Crippen LogP contribution in [0.5, 0.6) is 5.75 Å². The highest BCUT2D eigenvalue weighted by molar-refractivity contribution is 5.60. The molecule has 0 aromatic carbocycles. The number of aromatic nitrogens is 1. The zero-order chi connectivity index (χ0) is 11.1. The smallest absolute Gasteiger partial charge is 0.172 e. The molecule has 0 bridgehead atoms. The van der Waals surface area contributed by atoms with Crippen LogP contribution in [0.15, 0.2) is 24.4 Å². The Hall–Kier alpha value is -1.51. The molecular formula is C13H16N2O. The Balaban J connectivity index is 2.06. The molecule has 3 rings (SSSR count). The molecule has 1 fully saturated rings. The highest BCUT2D eigenvalue weighted by Crippen LogP contribution is 2.39. The Bertz CT molecular complexity index is 442. The number of rotatable bonds is 1. The molecule has 2 aliphatic rings. The van der Waals surface area contributed by atoms with Crippen molar-refractivity contribution in [2.45, 2.75) is 25.8 Å². The van der Waals surface area contributed by atoms with Gasteiger partial charge < -0.3 is 9.64 Å². The molecule has 0 N–H and O–H groups in total. The van der Waals surface area contributed by atoms with Gasteiger partial charge in [-0.05, 0) is 24.5 Å². The first-order valence-corrected chi connectivity index (χ1v) is 5.83. The van der Waals surface area contributed by atoms with Crippen molar-refractivity contribution in [3.8, 4) is 5.75 Å². The zero-order valence-corrected chi connectivity index (χ0v) is 9.57. The minimum atomic E-state index is 0.444. The topological polar surface area (TPSA) is 25.4 Å². The molecule has 3 heterocycles. The quantitative estimate of drug-likeness (QED) is 0.673. The first kappa shape index (κ1) is 9.70. The molecule has 1 aromatic heterocycles. The summed E-state index contributed by atoms with van der Waals surface area (Å²) in [4.78, 5) is 6.80. The summed E-state index contributed by atoms with van der Waals surface area (Å²) in [5.74, 6) is 1.99. The van der Waals surface area contributed by atoms with Crippen LogP contribution in [0, 0.1) is 0 Å². The molecule has 84 valence electrons. The number of ether oxygens (including phenoxy) is 1. The van der Waals surface area contributed by atoms with E-state index in [1.165, 1.54) is 11.1 Å². The Kier molecular flexibility index (Phi) is 2.13. The summed E-state index contributed by atoms with van der Waals surface area (Å²) < 4.78 is 5.86. The normalized spacial score (nSPS) is 22.7. The van der Waals surface area contributed by atoms with E-state index in [4.69, 9.17) is 4.74 Å². The van der Waals surface area contributed by atoms with Crippen LogP contribution < -0.4 is 9.64 Å². The van der Waals surface area contributed by atoms with Crippen LogP contribution in [0.1, 0.15) is 18.9 Å². The summed E-state index contributed by atoms with van der Waals surface area (Å²) in [6.07, 6.45) is 3.91. The van der Waals surface area contributed by atoms with Gasteiger partial charge >= 0.3 is 0 Å². The summed E-state index contributed by atoms with van der Waals surface area (Å²) in [6.45, 7) is 7.92. The Morgan fingerprint density at radius 3 is 3.31 bits per heavy atom. The van der Waals surface area contributed by atoms with Crippen molar-refractivity contribution in [2.24, 2.45) is 0 Å². The maximum Gasteiger partial charge on any atom is 0.172 e. The van der Waals surface area contributed by atoms with Crippen molar-refractivity contribution in [1.29, 1.82) is 0 Å². The number of aryl methyl sites for hydroxylation is 1. The maximum absolute atomic E-state index is 5.86. The van der Waals surface area contributed by atoms with Crippen LogP contribution in [0.2, 0.25) is 0 Å². The van der Waals surface area contributed by atoms with Crippen molar-refractivity contribution in [2.75, 3.05) is 18.1 Å². The maximum atomic E-state index is 5.86. The molecule has 0 amide bonds. The largest absolute Gasteiger partial charge is 0.487 e. The van der Waals surface area contributed by atoms with E-state index in [1.54, 1.807) is 0 Å². The van der Waals surface area contributed by atoms with Crippen LogP contribution in [-0.2, 0) is 6.42 Å². The zero-order valence-electron chi connectivity index (χ0n) is 9.57. The summed E-state index contributed by atoms with van der Waals surface area (Å²) >= 11 is 0. The average Bonchev–Trinajstić information content (AvgIpc) is 2.69. The van der Waals surface area contributed by atoms with E-state index >= 15 is 0 Å². The number of fused-ring (bicyclic) bond motifs is 3. The van der Waals surface area contributed by atoms with E-state index < -0.39 is 0 Å². The van der Waals surface area contributed by atoms with Gasteiger partial charge in [0.2, 0.25) is 0 Å². The first-order valence-electron chi connectivity index (χ1n) is 5.83. The van der Waals surface area contributed by atoms with Crippen molar-refractivity contribution >= 4 is 5.82 Å². The summed E-state index contributed by atoms with van der Waals surface area (Å²) in [5.41, 5.74) is 2.53. The standard InChI is InChI=1S/C13H16N2O/c1-3-10-4-5-14-13-12(10)16-8-11-6-9(2)7-15(11)13/h4-5,11H,2-3,6-8H2,1H3. The van der Waals surface area contributed by atoms with Crippen LogP contribution in [0.25, 0.3) is 0 Å². The fraction of sp³-hybridized carbons (Fsp3) is 0.462. The van der Waals surface area contributed by atoms with Crippen molar-refractivity contribution in [3.05, 3.63) is 30.0 Å². The van der Waals surface area contributed by atoms with Crippen LogP contribution in [0.3, 0.4) is 0 Å². The SMILES string of the molecule is C=C1CC2COc3c(CC)ccnc3N2C1. The molecule has 16 heavy (non-hydrogen) atoms. The highest BCUT2D eigenvalue weighted by Gasteiger charge is 2.34. The van der Waals surface area contributed by atoms with Crippen LogP contribution >= 0.6 is 0 Å². The van der Waals surface area contributed by atoms with E-state index in [0.717, 1.165) is 37.6 Å². The summed E-state index contributed by atoms with van der Waals surface area (Å²) in [7, 11) is 0. The molecule has 0 radical (unpaired) electrons. The van der Waals surface area contributed by atoms with Gasteiger partial charge in [-0.2, -0.15) is 0 Å². The highest BCUT2D eigenvalue weighted by atomic mass is 16.5. The lowest BCUT2D eigenvalue weighted by Gasteiger charge is -2.32. The third kappa shape index (κ3) is 1.31. The molecule has 2 aliphatic heterocycles. The van der Waals surface area contributed by atoms with Gasteiger partial charge in [-0.15, -0.1) is 0 Å². The van der Waals surface area contributed by atoms with Gasteiger partial charge in [0.05, 0.1) is 6.04 Å². The second-order valence-corrected chi connectivity index (χ2v) is 4.52. The number of anilines is 1. The van der Waals surface area contributed by atoms with Crippen molar-refractivity contribution in [3.63, 3.8) is 0 Å². The molecule has 1 saturated heterocycles. The van der Waals surface area contributed by atoms with E-state index in [9.17, 15) is 0 Å². The minimum absolute atomic E-state index is 0.444. The predicted molar refractivity (Wildman–Crippen MR) is 64.0 cm³/mol. The van der Waals surface area contributed by atoms with Gasteiger partial charge in [-0.25, -0.2) is 4.98 Å². The fourth-order valence-corrected chi connectivity index (χ4v) is 2.57. The Morgan fingerprint density at radius 1 is 1.62 bits per heavy atom. The molecule has 1 unspecified atom stereocenters. The lowest BCUT2D eigenvalue weighted by molar-refractivity contribution is 0.268. The van der Waals surface area contributed by atoms with Crippen molar-refractivity contribution < 1.29 is 4.74 Å². The van der Waals surface area contributed by atoms with Crippen molar-refractivity contribution in [1.82, 2.24) is 4.98 Å². The van der Waals surface area contributed by atoms with Gasteiger partial charge in [-0.1, -0.05) is 19.1 Å². The lowest BCUT2D eigenvalue weighted by Crippen LogP contribution is -2.39. The Labute approximate surface area is 95.7 Å². The molecule has 0 spiro atoms. The van der Waals surface area contributed by atoms with E-state index in [1.807, 2.05) is 12.3 Å². The predicted octanol–water partition coefficient (Wildman–Crippen LogP) is 2.17. The van der Waals surface area contributed by atoms with Crippen LogP contribution in [-0.4, -0.2) is 24.2 Å². The van der Waals surface area contributed by atoms with E-state index in [-0.39, 0.29) is 0 Å². The molecule has 3 heteroatoms. The minimum Gasteiger partial charge on any atom is -0.487 e. The second-order valence-electron chi connectivity index (χ2n) is 4.52. The number of hydrogen-bond donors (Lipinski definition) is 0. The van der Waals surface area contributed by atoms with Gasteiger partial charge in [0, 0.05) is 12.7 Å². The first-order chi connectivity index (χ1) is 7.79. The van der Waals surface area contributed by atoms with Gasteiger partial charge in [0.15, 0.2) is 11.6 Å². The van der Waals surface area contributed by atoms with Crippen LogP contribution in [0.4, 0.5) is 5.82 Å². The summed E-state index contributed by atoms with van der Waals surface area (Å²) in [6, 6.07) is 2.49. The average molecular weight is 216 g/mol. The third-order valence-corrected chi connectivity index (χ3v) is 3.40. The Morgan fingerprint density at radius 2 is 2.50 bits per heavy atom. The monoisotopic (exact) mass is 216 g/mol. The van der Waals surface area contributed by atoms with Gasteiger partial charge in [0.25, 0.3) is 0 Å². The molecule has 1 atom stereocenters. The molecule has 1 aromatic rings. The molecule has 0 aliphatic carbocycles. The number of pyridine rings is 1. The van der Waals surface area contributed by atoms with Gasteiger partial charge in [0.1, 0.15) is 6.61 Å². The number of hydrogen-bond acceptors (Lipinski definition) is 3. The number of nitrogens with zero attached hydrogens (tertiary/aromatic N) is 2. The molecule has 3 nitrogen and oxygen atoms in total. The van der Waals surface area contributed by atoms with E-state index in [2.05, 4.69) is 23.4 Å².